The zero-order chi connectivity index (χ0) is 14.7. The molecule has 1 aromatic heterocycles. The van der Waals surface area contributed by atoms with Crippen molar-refractivity contribution in [3.05, 3.63) is 50.2 Å². The highest BCUT2D eigenvalue weighted by molar-refractivity contribution is 6.35. The molecule has 2 aromatic rings. The summed E-state index contributed by atoms with van der Waals surface area (Å²) < 4.78 is 1.68. The van der Waals surface area contributed by atoms with E-state index < -0.39 is 0 Å². The monoisotopic (exact) mass is 331 g/mol. The van der Waals surface area contributed by atoms with Crippen LogP contribution in [0.5, 0.6) is 0 Å². The summed E-state index contributed by atoms with van der Waals surface area (Å²) in [4.78, 5) is 0. The molecule has 0 aliphatic rings. The van der Waals surface area contributed by atoms with Gasteiger partial charge in [0.25, 0.3) is 0 Å². The third-order valence-electron chi connectivity index (χ3n) is 3.16. The summed E-state index contributed by atoms with van der Waals surface area (Å²) in [6.07, 6.45) is 0.840. The van der Waals surface area contributed by atoms with Crippen LogP contribution in [0.25, 0.3) is 0 Å². The SMILES string of the molecule is Cc1nn(C)c(Cl)c1CNCCc1ccc(Cl)cc1Cl. The molecule has 3 nitrogen and oxygen atoms in total. The maximum absolute atomic E-state index is 6.18. The number of nitrogens with zero attached hydrogens (tertiary/aromatic N) is 2. The molecule has 0 saturated carbocycles. The van der Waals surface area contributed by atoms with E-state index in [0.29, 0.717) is 21.7 Å². The Kier molecular flexibility index (Phi) is 5.33. The van der Waals surface area contributed by atoms with Crippen LogP contribution in [0.1, 0.15) is 16.8 Å². The summed E-state index contributed by atoms with van der Waals surface area (Å²) in [5, 5.41) is 9.68. The van der Waals surface area contributed by atoms with E-state index in [1.54, 1.807) is 10.7 Å². The lowest BCUT2D eigenvalue weighted by atomic mass is 10.1. The van der Waals surface area contributed by atoms with Crippen LogP contribution in [0.15, 0.2) is 18.2 Å². The largest absolute Gasteiger partial charge is 0.312 e. The summed E-state index contributed by atoms with van der Waals surface area (Å²) >= 11 is 18.2. The number of benzene rings is 1. The van der Waals surface area contributed by atoms with Crippen molar-refractivity contribution >= 4 is 34.8 Å². The summed E-state index contributed by atoms with van der Waals surface area (Å²) in [5.41, 5.74) is 3.07. The second-order valence-electron chi connectivity index (χ2n) is 4.64. The van der Waals surface area contributed by atoms with Crippen LogP contribution in [-0.2, 0) is 20.0 Å². The van der Waals surface area contributed by atoms with Gasteiger partial charge in [-0.25, -0.2) is 0 Å². The summed E-state index contributed by atoms with van der Waals surface area (Å²) in [7, 11) is 1.84. The van der Waals surface area contributed by atoms with E-state index in [9.17, 15) is 0 Å². The third-order valence-corrected chi connectivity index (χ3v) is 4.22. The maximum atomic E-state index is 6.18. The Morgan fingerprint density at radius 2 is 2.00 bits per heavy atom. The van der Waals surface area contributed by atoms with Crippen LogP contribution in [0.2, 0.25) is 15.2 Å². The van der Waals surface area contributed by atoms with Gasteiger partial charge in [0.05, 0.1) is 5.69 Å². The van der Waals surface area contributed by atoms with Gasteiger partial charge in [-0.15, -0.1) is 0 Å². The van der Waals surface area contributed by atoms with Crippen molar-refractivity contribution in [3.8, 4) is 0 Å². The first-order valence-corrected chi connectivity index (χ1v) is 7.45. The molecule has 0 radical (unpaired) electrons. The van der Waals surface area contributed by atoms with E-state index in [1.807, 2.05) is 26.1 Å². The molecule has 0 aliphatic heterocycles. The minimum atomic E-state index is 0.657. The van der Waals surface area contributed by atoms with E-state index in [1.165, 1.54) is 0 Å². The molecule has 0 atom stereocenters. The molecule has 1 aromatic carbocycles. The average molecular weight is 333 g/mol. The van der Waals surface area contributed by atoms with E-state index in [-0.39, 0.29) is 0 Å². The minimum Gasteiger partial charge on any atom is -0.312 e. The first kappa shape index (κ1) is 15.6. The summed E-state index contributed by atoms with van der Waals surface area (Å²) in [5.74, 6) is 0. The Bertz CT molecular complexity index is 608. The fourth-order valence-electron chi connectivity index (χ4n) is 2.04. The van der Waals surface area contributed by atoms with Gasteiger partial charge < -0.3 is 5.32 Å². The molecule has 6 heteroatoms. The second-order valence-corrected chi connectivity index (χ2v) is 5.84. The molecule has 2 rings (SSSR count). The number of hydrogen-bond donors (Lipinski definition) is 1. The van der Waals surface area contributed by atoms with E-state index >= 15 is 0 Å². The minimum absolute atomic E-state index is 0.657. The number of aryl methyl sites for hydroxylation is 2. The molecule has 1 heterocycles. The van der Waals surface area contributed by atoms with Gasteiger partial charge in [-0.3, -0.25) is 4.68 Å². The van der Waals surface area contributed by atoms with E-state index in [4.69, 9.17) is 34.8 Å². The molecule has 0 saturated heterocycles. The molecule has 0 amide bonds. The Hall–Kier alpha value is -0.740. The number of aromatic nitrogens is 2. The van der Waals surface area contributed by atoms with Crippen LogP contribution < -0.4 is 5.32 Å². The zero-order valence-corrected chi connectivity index (χ0v) is 13.6. The van der Waals surface area contributed by atoms with E-state index in [2.05, 4.69) is 10.4 Å². The highest BCUT2D eigenvalue weighted by atomic mass is 35.5. The van der Waals surface area contributed by atoms with Crippen LogP contribution in [0.4, 0.5) is 0 Å². The number of halogens is 3. The molecule has 0 bridgehead atoms. The van der Waals surface area contributed by atoms with Gasteiger partial charge in [0.15, 0.2) is 0 Å². The normalized spacial score (nSPS) is 11.1. The van der Waals surface area contributed by atoms with Crippen molar-refractivity contribution in [2.45, 2.75) is 19.9 Å². The third kappa shape index (κ3) is 3.67. The highest BCUT2D eigenvalue weighted by Crippen LogP contribution is 2.21. The summed E-state index contributed by atoms with van der Waals surface area (Å²) in [6, 6.07) is 5.57. The van der Waals surface area contributed by atoms with Gasteiger partial charge in [-0.1, -0.05) is 40.9 Å². The smallest absolute Gasteiger partial charge is 0.131 e. The summed E-state index contributed by atoms with van der Waals surface area (Å²) in [6.45, 7) is 3.47. The topological polar surface area (TPSA) is 29.9 Å². The Morgan fingerprint density at radius 3 is 2.60 bits per heavy atom. The molecular formula is C14H16Cl3N3. The fraction of sp³-hybridized carbons (Fsp3) is 0.357. The van der Waals surface area contributed by atoms with Gasteiger partial charge in [0.2, 0.25) is 0 Å². The second kappa shape index (κ2) is 6.81. The van der Waals surface area contributed by atoms with Gasteiger partial charge in [0.1, 0.15) is 5.15 Å². The number of nitrogens with one attached hydrogen (secondary N) is 1. The maximum Gasteiger partial charge on any atom is 0.131 e. The molecule has 0 spiro atoms. The van der Waals surface area contributed by atoms with Crippen molar-refractivity contribution in [3.63, 3.8) is 0 Å². The first-order valence-electron chi connectivity index (χ1n) is 6.31. The van der Waals surface area contributed by atoms with Gasteiger partial charge in [-0.2, -0.15) is 5.10 Å². The Balaban J connectivity index is 1.87. The van der Waals surface area contributed by atoms with Crippen LogP contribution in [0, 0.1) is 6.92 Å². The van der Waals surface area contributed by atoms with E-state index in [0.717, 1.165) is 29.8 Å². The molecule has 1 N–H and O–H groups in total. The predicted octanol–water partition coefficient (Wildman–Crippen LogP) is 4.02. The molecular weight excluding hydrogens is 317 g/mol. The van der Waals surface area contributed by atoms with Gasteiger partial charge in [0, 0.05) is 29.2 Å². The lowest BCUT2D eigenvalue weighted by molar-refractivity contribution is 0.684. The molecule has 0 fully saturated rings. The Morgan fingerprint density at radius 1 is 1.25 bits per heavy atom. The lowest BCUT2D eigenvalue weighted by Gasteiger charge is -2.07. The standard InChI is InChI=1S/C14H16Cl3N3/c1-9-12(14(17)20(2)19-9)8-18-6-5-10-3-4-11(15)7-13(10)16/h3-4,7,18H,5-6,8H2,1-2H3. The van der Waals surface area contributed by atoms with Gasteiger partial charge >= 0.3 is 0 Å². The quantitative estimate of drug-likeness (QED) is 0.838. The van der Waals surface area contributed by atoms with Crippen LogP contribution in [0.3, 0.4) is 0 Å². The van der Waals surface area contributed by atoms with Crippen LogP contribution >= 0.6 is 34.8 Å². The van der Waals surface area contributed by atoms with Crippen molar-refractivity contribution in [2.75, 3.05) is 6.54 Å². The average Bonchev–Trinajstić information content (AvgIpc) is 2.62. The van der Waals surface area contributed by atoms with Crippen molar-refractivity contribution in [2.24, 2.45) is 7.05 Å². The van der Waals surface area contributed by atoms with Crippen molar-refractivity contribution in [1.82, 2.24) is 15.1 Å². The van der Waals surface area contributed by atoms with Crippen molar-refractivity contribution in [1.29, 1.82) is 0 Å². The molecule has 20 heavy (non-hydrogen) atoms. The molecule has 0 aliphatic carbocycles. The Labute approximate surface area is 133 Å². The number of hydrogen-bond acceptors (Lipinski definition) is 2. The molecule has 108 valence electrons. The fourth-order valence-corrected chi connectivity index (χ4v) is 2.78. The van der Waals surface area contributed by atoms with Crippen LogP contribution in [-0.4, -0.2) is 16.3 Å². The number of rotatable bonds is 5. The molecule has 0 unspecified atom stereocenters. The van der Waals surface area contributed by atoms with Gasteiger partial charge in [-0.05, 0) is 37.6 Å². The lowest BCUT2D eigenvalue weighted by Crippen LogP contribution is -2.17. The zero-order valence-electron chi connectivity index (χ0n) is 11.4. The predicted molar refractivity (Wildman–Crippen MR) is 84.8 cm³/mol. The first-order chi connectivity index (χ1) is 9.49. The van der Waals surface area contributed by atoms with Crippen molar-refractivity contribution < 1.29 is 0 Å². The highest BCUT2D eigenvalue weighted by Gasteiger charge is 2.10.